The number of urea groups is 1. The van der Waals surface area contributed by atoms with E-state index >= 15 is 0 Å². The molecular formula is C33H39F3N6O7. The SMILES string of the molecule is C=CCOC(=O)N[C@H]1CN(C(=O)OCc2cc(C)cc(C(F)(F)F)c2)[C@H]2CN(Cc3ccccc3)C(=O)[C@H](CNC(=O)NCCC)N2C1=O. The Hall–Kier alpha value is -5.28. The molecule has 2 aromatic carbocycles. The summed E-state index contributed by atoms with van der Waals surface area (Å²) in [7, 11) is 0. The molecule has 2 aliphatic heterocycles. The Labute approximate surface area is 281 Å². The van der Waals surface area contributed by atoms with Gasteiger partial charge in [-0.1, -0.05) is 61.5 Å². The molecule has 4 rings (SSSR count). The first-order chi connectivity index (χ1) is 23.3. The van der Waals surface area contributed by atoms with E-state index in [2.05, 4.69) is 22.5 Å². The molecule has 3 atom stereocenters. The Kier molecular flexibility index (Phi) is 12.1. The van der Waals surface area contributed by atoms with Gasteiger partial charge in [-0.2, -0.15) is 13.2 Å². The van der Waals surface area contributed by atoms with Crippen molar-refractivity contribution in [3.05, 3.63) is 83.4 Å². The zero-order chi connectivity index (χ0) is 35.7. The molecule has 3 N–H and O–H groups in total. The van der Waals surface area contributed by atoms with Gasteiger partial charge in [0.15, 0.2) is 0 Å². The van der Waals surface area contributed by atoms with Gasteiger partial charge in [0.2, 0.25) is 11.8 Å². The highest BCUT2D eigenvalue weighted by Gasteiger charge is 2.52. The van der Waals surface area contributed by atoms with Gasteiger partial charge >= 0.3 is 24.4 Å². The largest absolute Gasteiger partial charge is 0.445 e. The predicted octanol–water partition coefficient (Wildman–Crippen LogP) is 3.52. The van der Waals surface area contributed by atoms with Gasteiger partial charge in [0.05, 0.1) is 18.7 Å². The molecule has 2 heterocycles. The number of alkyl halides is 3. The van der Waals surface area contributed by atoms with E-state index in [1.54, 1.807) is 24.3 Å². The van der Waals surface area contributed by atoms with E-state index in [9.17, 15) is 37.1 Å². The van der Waals surface area contributed by atoms with Gasteiger partial charge in [-0.15, -0.1) is 0 Å². The zero-order valence-corrected chi connectivity index (χ0v) is 27.1. The fourth-order valence-electron chi connectivity index (χ4n) is 5.62. The zero-order valence-electron chi connectivity index (χ0n) is 27.1. The standard InChI is InChI=1S/C33H39F3N6O7/c1-4-11-37-30(45)38-16-26-29(44)40(17-22-9-7-6-8-10-22)19-27-41(18-25(28(43)42(26)27)39-31(46)48-12-5-2)32(47)49-20-23-13-21(3)14-24(15-23)33(34,35)36/h5-10,13-15,25-27H,2,4,11-12,16-20H2,1,3H3,(H,39,46)(H2,37,38,45)/t25-,26-,27+/m0/s1. The summed E-state index contributed by atoms with van der Waals surface area (Å²) in [4.78, 5) is 70.4. The highest BCUT2D eigenvalue weighted by molar-refractivity contribution is 5.95. The van der Waals surface area contributed by atoms with Crippen LogP contribution >= 0.6 is 0 Å². The Morgan fingerprint density at radius 1 is 1.00 bits per heavy atom. The molecule has 2 aromatic rings. The summed E-state index contributed by atoms with van der Waals surface area (Å²) >= 11 is 0. The number of nitrogens with one attached hydrogen (secondary N) is 3. The molecule has 264 valence electrons. The maximum Gasteiger partial charge on any atom is 0.416 e. The lowest BCUT2D eigenvalue weighted by Gasteiger charge is -2.53. The van der Waals surface area contributed by atoms with Crippen LogP contribution < -0.4 is 16.0 Å². The minimum atomic E-state index is -4.62. The first-order valence-electron chi connectivity index (χ1n) is 15.6. The second-order valence-electron chi connectivity index (χ2n) is 11.6. The molecule has 2 fully saturated rings. The van der Waals surface area contributed by atoms with Crippen LogP contribution in [0.4, 0.5) is 27.6 Å². The third-order valence-corrected chi connectivity index (χ3v) is 7.82. The Bertz CT molecular complexity index is 1540. The van der Waals surface area contributed by atoms with Gasteiger partial charge in [-0.25, -0.2) is 14.4 Å². The molecule has 13 nitrogen and oxygen atoms in total. The number of alkyl carbamates (subject to hydrolysis) is 1. The van der Waals surface area contributed by atoms with E-state index in [1.807, 2.05) is 13.0 Å². The van der Waals surface area contributed by atoms with Crippen LogP contribution in [0.5, 0.6) is 0 Å². The second-order valence-corrected chi connectivity index (χ2v) is 11.6. The molecule has 0 bridgehead atoms. The first kappa shape index (κ1) is 36.6. The van der Waals surface area contributed by atoms with E-state index in [0.29, 0.717) is 18.5 Å². The molecule has 16 heteroatoms. The van der Waals surface area contributed by atoms with E-state index in [0.717, 1.165) is 27.5 Å². The highest BCUT2D eigenvalue weighted by Crippen LogP contribution is 2.31. The van der Waals surface area contributed by atoms with Crippen LogP contribution in [0.1, 0.15) is 35.6 Å². The van der Waals surface area contributed by atoms with Crippen LogP contribution in [0.2, 0.25) is 0 Å². The van der Waals surface area contributed by atoms with Crippen molar-refractivity contribution < 1.29 is 46.6 Å². The van der Waals surface area contributed by atoms with Crippen molar-refractivity contribution in [2.24, 2.45) is 0 Å². The van der Waals surface area contributed by atoms with Crippen LogP contribution in [0, 0.1) is 6.92 Å². The first-order valence-corrected chi connectivity index (χ1v) is 15.6. The lowest BCUT2D eigenvalue weighted by Crippen LogP contribution is -2.77. The fourth-order valence-corrected chi connectivity index (χ4v) is 5.62. The van der Waals surface area contributed by atoms with Gasteiger partial charge in [-0.05, 0) is 36.6 Å². The quantitative estimate of drug-likeness (QED) is 0.306. The van der Waals surface area contributed by atoms with Crippen molar-refractivity contribution in [2.45, 2.75) is 57.8 Å². The third kappa shape index (κ3) is 9.42. The summed E-state index contributed by atoms with van der Waals surface area (Å²) in [6, 6.07) is 8.99. The summed E-state index contributed by atoms with van der Waals surface area (Å²) < 4.78 is 50.8. The van der Waals surface area contributed by atoms with Crippen molar-refractivity contribution in [2.75, 3.05) is 32.8 Å². The Balaban J connectivity index is 1.67. The summed E-state index contributed by atoms with van der Waals surface area (Å²) in [6.45, 7) is 5.67. The predicted molar refractivity (Wildman–Crippen MR) is 170 cm³/mol. The van der Waals surface area contributed by atoms with Gasteiger partial charge in [0.1, 0.15) is 31.5 Å². The third-order valence-electron chi connectivity index (χ3n) is 7.82. The molecule has 0 radical (unpaired) electrons. The minimum Gasteiger partial charge on any atom is -0.445 e. The van der Waals surface area contributed by atoms with E-state index in [4.69, 9.17) is 9.47 Å². The van der Waals surface area contributed by atoms with Gasteiger partial charge < -0.3 is 35.2 Å². The van der Waals surface area contributed by atoms with Crippen molar-refractivity contribution in [3.63, 3.8) is 0 Å². The maximum atomic E-state index is 14.0. The monoisotopic (exact) mass is 688 g/mol. The van der Waals surface area contributed by atoms with Gasteiger partial charge in [0, 0.05) is 19.6 Å². The lowest BCUT2D eigenvalue weighted by molar-refractivity contribution is -0.170. The summed E-state index contributed by atoms with van der Waals surface area (Å²) in [5.74, 6) is -1.24. The van der Waals surface area contributed by atoms with Crippen molar-refractivity contribution in [1.82, 2.24) is 30.7 Å². The number of ether oxygens (including phenoxy) is 2. The number of aryl methyl sites for hydroxylation is 1. The van der Waals surface area contributed by atoms with Gasteiger partial charge in [0.25, 0.3) is 0 Å². The Morgan fingerprint density at radius 3 is 2.41 bits per heavy atom. The maximum absolute atomic E-state index is 14.0. The molecule has 2 saturated heterocycles. The summed E-state index contributed by atoms with van der Waals surface area (Å²) in [5, 5.41) is 7.66. The summed E-state index contributed by atoms with van der Waals surface area (Å²) in [5.41, 5.74) is 0.241. The number of rotatable bonds is 11. The van der Waals surface area contributed by atoms with Crippen LogP contribution in [0.15, 0.2) is 61.2 Å². The average Bonchev–Trinajstić information content (AvgIpc) is 3.06. The number of fused-ring (bicyclic) bond motifs is 1. The lowest BCUT2D eigenvalue weighted by atomic mass is 10.0. The highest BCUT2D eigenvalue weighted by atomic mass is 19.4. The Morgan fingerprint density at radius 2 is 1.73 bits per heavy atom. The van der Waals surface area contributed by atoms with Gasteiger partial charge in [-0.3, -0.25) is 14.5 Å². The van der Waals surface area contributed by atoms with Crippen LogP contribution in [0.25, 0.3) is 0 Å². The molecule has 49 heavy (non-hydrogen) atoms. The topological polar surface area (TPSA) is 150 Å². The van der Waals surface area contributed by atoms with E-state index in [-0.39, 0.29) is 31.8 Å². The molecule has 0 aromatic heterocycles. The molecule has 0 saturated carbocycles. The average molecular weight is 689 g/mol. The van der Waals surface area contributed by atoms with Crippen molar-refractivity contribution in [3.8, 4) is 0 Å². The van der Waals surface area contributed by atoms with E-state index in [1.165, 1.54) is 24.0 Å². The normalized spacial score (nSPS) is 19.1. The number of piperazine rings is 1. The van der Waals surface area contributed by atoms with Crippen molar-refractivity contribution in [1.29, 1.82) is 0 Å². The van der Waals surface area contributed by atoms with Crippen LogP contribution in [0.3, 0.4) is 0 Å². The number of carbonyl (C=O) groups excluding carboxylic acids is 5. The second kappa shape index (κ2) is 16.2. The number of nitrogens with zero attached hydrogens (tertiary/aromatic N) is 3. The summed E-state index contributed by atoms with van der Waals surface area (Å²) in [6.07, 6.45) is -5.78. The van der Waals surface area contributed by atoms with Crippen LogP contribution in [-0.4, -0.2) is 95.8 Å². The molecule has 0 spiro atoms. The molecular weight excluding hydrogens is 649 g/mol. The number of carbonyl (C=O) groups is 5. The van der Waals surface area contributed by atoms with Crippen LogP contribution in [-0.2, 0) is 38.4 Å². The number of hydrogen-bond acceptors (Lipinski definition) is 7. The number of amides is 6. The fraction of sp³-hybridized carbons (Fsp3) is 0.424. The molecule has 6 amide bonds. The molecule has 0 unspecified atom stereocenters. The van der Waals surface area contributed by atoms with E-state index < -0.39 is 73.2 Å². The number of halogens is 3. The number of hydrogen-bond donors (Lipinski definition) is 3. The number of benzene rings is 2. The minimum absolute atomic E-state index is 0.0815. The smallest absolute Gasteiger partial charge is 0.416 e. The molecule has 0 aliphatic carbocycles. The molecule has 2 aliphatic rings. The van der Waals surface area contributed by atoms with Crippen molar-refractivity contribution >= 4 is 30.0 Å².